The Bertz CT molecular complexity index is 463. The van der Waals surface area contributed by atoms with Crippen LogP contribution in [0.15, 0.2) is 0 Å². The van der Waals surface area contributed by atoms with Gasteiger partial charge in [0.25, 0.3) is 0 Å². The fourth-order valence-corrected chi connectivity index (χ4v) is 7.27. The maximum atomic E-state index is 11.2. The second kappa shape index (κ2) is 10.5. The van der Waals surface area contributed by atoms with Crippen molar-refractivity contribution in [1.82, 2.24) is 0 Å². The van der Waals surface area contributed by atoms with E-state index >= 15 is 0 Å². The summed E-state index contributed by atoms with van der Waals surface area (Å²) < 4.78 is 0. The van der Waals surface area contributed by atoms with Gasteiger partial charge in [-0.3, -0.25) is 4.79 Å². The van der Waals surface area contributed by atoms with Crippen molar-refractivity contribution in [3.8, 4) is 0 Å². The molecule has 0 aliphatic heterocycles. The summed E-state index contributed by atoms with van der Waals surface area (Å²) in [6.45, 7) is 7.40. The van der Waals surface area contributed by atoms with Gasteiger partial charge in [0.1, 0.15) is 0 Å². The Balaban J connectivity index is 1.40. The molecule has 3 aliphatic carbocycles. The average Bonchev–Trinajstić information content (AvgIpc) is 2.74. The topological polar surface area (TPSA) is 37.3 Å². The molecule has 2 unspecified atom stereocenters. The first kappa shape index (κ1) is 22.2. The number of hydrogen-bond donors (Lipinski definition) is 1. The van der Waals surface area contributed by atoms with Gasteiger partial charge in [-0.1, -0.05) is 46.5 Å². The van der Waals surface area contributed by atoms with Crippen LogP contribution in [0.4, 0.5) is 0 Å². The Hall–Kier alpha value is -0.530. The number of carboxylic acids is 1. The molecule has 3 fully saturated rings. The molecular weight excluding hydrogens is 344 g/mol. The predicted octanol–water partition coefficient (Wildman–Crippen LogP) is 7.56. The highest BCUT2D eigenvalue weighted by Gasteiger charge is 2.36. The van der Waals surface area contributed by atoms with Gasteiger partial charge in [-0.05, 0) is 106 Å². The molecule has 0 bridgehead atoms. The number of carboxylic acid groups (broad SMARTS) is 1. The van der Waals surface area contributed by atoms with E-state index in [1.54, 1.807) is 0 Å². The molecule has 2 heteroatoms. The monoisotopic (exact) mass is 390 g/mol. The van der Waals surface area contributed by atoms with E-state index in [4.69, 9.17) is 0 Å². The van der Waals surface area contributed by atoms with Gasteiger partial charge in [0.05, 0.1) is 5.92 Å². The Morgan fingerprint density at radius 3 is 1.43 bits per heavy atom. The van der Waals surface area contributed by atoms with Crippen molar-refractivity contribution in [2.24, 2.45) is 47.3 Å². The molecule has 28 heavy (non-hydrogen) atoms. The molecule has 3 saturated carbocycles. The Morgan fingerprint density at radius 1 is 0.714 bits per heavy atom. The molecule has 0 saturated heterocycles. The van der Waals surface area contributed by atoms with Crippen LogP contribution < -0.4 is 0 Å². The molecule has 162 valence electrons. The minimum absolute atomic E-state index is 0.0625. The molecule has 0 aromatic heterocycles. The van der Waals surface area contributed by atoms with Crippen LogP contribution in [-0.2, 0) is 4.79 Å². The second-order valence-electron chi connectivity index (χ2n) is 10.9. The van der Waals surface area contributed by atoms with E-state index in [9.17, 15) is 9.90 Å². The number of hydrogen-bond acceptors (Lipinski definition) is 1. The summed E-state index contributed by atoms with van der Waals surface area (Å²) in [4.78, 5) is 11.2. The predicted molar refractivity (Wildman–Crippen MR) is 117 cm³/mol. The van der Waals surface area contributed by atoms with Crippen LogP contribution in [-0.4, -0.2) is 11.1 Å². The molecule has 0 heterocycles. The third-order valence-electron chi connectivity index (χ3n) is 9.50. The molecule has 0 radical (unpaired) electrons. The molecule has 0 spiro atoms. The zero-order chi connectivity index (χ0) is 20.1. The summed E-state index contributed by atoms with van der Waals surface area (Å²) in [5, 5.41) is 9.24. The Morgan fingerprint density at radius 2 is 1.07 bits per heavy atom. The van der Waals surface area contributed by atoms with E-state index in [-0.39, 0.29) is 5.92 Å². The highest BCUT2D eigenvalue weighted by atomic mass is 16.4. The standard InChI is InChI=1S/C26H46O2/c1-4-5-20-6-8-21(9-7-20)18(2)22-10-12-23(13-11-22)19(3)24-14-16-25(17-15-24)26(27)28/h18-25H,4-17H2,1-3H3,(H,27,28). The third kappa shape index (κ3) is 5.54. The van der Waals surface area contributed by atoms with E-state index in [1.165, 1.54) is 64.2 Å². The molecule has 0 amide bonds. The molecule has 2 atom stereocenters. The van der Waals surface area contributed by atoms with Crippen molar-refractivity contribution in [3.05, 3.63) is 0 Å². The number of carbonyl (C=O) groups is 1. The van der Waals surface area contributed by atoms with Crippen molar-refractivity contribution < 1.29 is 9.90 Å². The van der Waals surface area contributed by atoms with Crippen molar-refractivity contribution in [2.45, 2.75) is 111 Å². The van der Waals surface area contributed by atoms with E-state index in [0.29, 0.717) is 0 Å². The maximum absolute atomic E-state index is 11.2. The van der Waals surface area contributed by atoms with Crippen LogP contribution in [0.2, 0.25) is 0 Å². The van der Waals surface area contributed by atoms with Gasteiger partial charge in [-0.2, -0.15) is 0 Å². The lowest BCUT2D eigenvalue weighted by molar-refractivity contribution is -0.143. The largest absolute Gasteiger partial charge is 0.481 e. The van der Waals surface area contributed by atoms with E-state index < -0.39 is 5.97 Å². The van der Waals surface area contributed by atoms with Crippen LogP contribution in [0.3, 0.4) is 0 Å². The molecular formula is C26H46O2. The van der Waals surface area contributed by atoms with Crippen LogP contribution in [0.1, 0.15) is 111 Å². The van der Waals surface area contributed by atoms with E-state index in [1.807, 2.05) is 0 Å². The Kier molecular flexibility index (Phi) is 8.30. The maximum Gasteiger partial charge on any atom is 0.306 e. The first-order valence-electron chi connectivity index (χ1n) is 12.7. The molecule has 2 nitrogen and oxygen atoms in total. The van der Waals surface area contributed by atoms with E-state index in [0.717, 1.165) is 67.1 Å². The lowest BCUT2D eigenvalue weighted by atomic mass is 9.63. The summed E-state index contributed by atoms with van der Waals surface area (Å²) >= 11 is 0. The lowest BCUT2D eigenvalue weighted by Gasteiger charge is -2.42. The molecule has 0 aromatic carbocycles. The molecule has 0 aromatic rings. The highest BCUT2D eigenvalue weighted by Crippen LogP contribution is 2.46. The zero-order valence-corrected chi connectivity index (χ0v) is 18.9. The lowest BCUT2D eigenvalue weighted by Crippen LogP contribution is -2.32. The normalized spacial score (nSPS) is 39.2. The SMILES string of the molecule is CCCC1CCC(C(C)C2CCC(C(C)C3CCC(C(=O)O)CC3)CC2)CC1. The van der Waals surface area contributed by atoms with Gasteiger partial charge in [-0.15, -0.1) is 0 Å². The summed E-state index contributed by atoms with van der Waals surface area (Å²) in [7, 11) is 0. The number of aliphatic carboxylic acids is 1. The van der Waals surface area contributed by atoms with Crippen LogP contribution in [0.25, 0.3) is 0 Å². The molecule has 3 rings (SSSR count). The second-order valence-corrected chi connectivity index (χ2v) is 10.9. The van der Waals surface area contributed by atoms with Gasteiger partial charge in [-0.25, -0.2) is 0 Å². The van der Waals surface area contributed by atoms with Gasteiger partial charge < -0.3 is 5.11 Å². The quantitative estimate of drug-likeness (QED) is 0.487. The summed E-state index contributed by atoms with van der Waals surface area (Å²) in [6.07, 6.45) is 18.7. The van der Waals surface area contributed by atoms with Crippen molar-refractivity contribution in [3.63, 3.8) is 0 Å². The van der Waals surface area contributed by atoms with Gasteiger partial charge in [0.15, 0.2) is 0 Å². The van der Waals surface area contributed by atoms with Gasteiger partial charge in [0, 0.05) is 0 Å². The van der Waals surface area contributed by atoms with Crippen LogP contribution in [0, 0.1) is 47.3 Å². The van der Waals surface area contributed by atoms with Crippen molar-refractivity contribution in [2.75, 3.05) is 0 Å². The molecule has 3 aliphatic rings. The zero-order valence-electron chi connectivity index (χ0n) is 18.9. The van der Waals surface area contributed by atoms with Gasteiger partial charge >= 0.3 is 5.97 Å². The van der Waals surface area contributed by atoms with Crippen molar-refractivity contribution >= 4 is 5.97 Å². The summed E-state index contributed by atoms with van der Waals surface area (Å²) in [5.74, 6) is 5.79. The minimum Gasteiger partial charge on any atom is -0.481 e. The average molecular weight is 391 g/mol. The first-order chi connectivity index (χ1) is 13.5. The van der Waals surface area contributed by atoms with E-state index in [2.05, 4.69) is 20.8 Å². The fraction of sp³-hybridized carbons (Fsp3) is 0.962. The third-order valence-corrected chi connectivity index (χ3v) is 9.50. The van der Waals surface area contributed by atoms with Gasteiger partial charge in [0.2, 0.25) is 0 Å². The Labute approximate surface area is 174 Å². The first-order valence-corrected chi connectivity index (χ1v) is 12.7. The van der Waals surface area contributed by atoms with Crippen molar-refractivity contribution in [1.29, 1.82) is 0 Å². The van der Waals surface area contributed by atoms with Crippen LogP contribution >= 0.6 is 0 Å². The fourth-order valence-electron chi connectivity index (χ4n) is 7.27. The minimum atomic E-state index is -0.565. The van der Waals surface area contributed by atoms with Crippen LogP contribution in [0.5, 0.6) is 0 Å². The highest BCUT2D eigenvalue weighted by molar-refractivity contribution is 5.69. The summed E-state index contributed by atoms with van der Waals surface area (Å²) in [5.41, 5.74) is 0. The summed E-state index contributed by atoms with van der Waals surface area (Å²) in [6, 6.07) is 0. The molecule has 1 N–H and O–H groups in total. The smallest absolute Gasteiger partial charge is 0.306 e. The number of rotatable bonds is 7.